The predicted octanol–water partition coefficient (Wildman–Crippen LogP) is 2.68. The Morgan fingerprint density at radius 3 is 2.77 bits per heavy atom. The number of hydrogen-bond donors (Lipinski definition) is 1. The number of halogens is 1. The molecule has 3 heterocycles. The van der Waals surface area contributed by atoms with Crippen molar-refractivity contribution in [2.75, 3.05) is 18.0 Å². The molecule has 2 fully saturated rings. The summed E-state index contributed by atoms with van der Waals surface area (Å²) in [5, 5.41) is 0. The Morgan fingerprint density at radius 2 is 2.09 bits per heavy atom. The van der Waals surface area contributed by atoms with Crippen LogP contribution in [-0.4, -0.2) is 33.5 Å². The van der Waals surface area contributed by atoms with E-state index in [1.165, 1.54) is 25.7 Å². The predicted molar refractivity (Wildman–Crippen MR) is 96.0 cm³/mol. The second-order valence-corrected chi connectivity index (χ2v) is 8.19. The van der Waals surface area contributed by atoms with Crippen molar-refractivity contribution in [1.82, 2.24) is 14.4 Å². The Kier molecular flexibility index (Phi) is 3.56. The molecule has 22 heavy (non-hydrogen) atoms. The van der Waals surface area contributed by atoms with Crippen LogP contribution in [0.4, 0.5) is 5.95 Å². The Balaban J connectivity index is 1.59. The van der Waals surface area contributed by atoms with Crippen LogP contribution in [0.15, 0.2) is 18.6 Å². The highest BCUT2D eigenvalue weighted by Crippen LogP contribution is 2.48. The van der Waals surface area contributed by atoms with E-state index in [1.807, 2.05) is 18.6 Å². The van der Waals surface area contributed by atoms with Gasteiger partial charge in [0.2, 0.25) is 5.95 Å². The highest BCUT2D eigenvalue weighted by Gasteiger charge is 2.45. The Hall–Kier alpha value is -0.890. The van der Waals surface area contributed by atoms with Gasteiger partial charge >= 0.3 is 0 Å². The van der Waals surface area contributed by atoms with Gasteiger partial charge in [0, 0.05) is 37.7 Å². The van der Waals surface area contributed by atoms with Gasteiger partial charge in [0.1, 0.15) is 0 Å². The maximum Gasteiger partial charge on any atom is 0.211 e. The molecule has 1 saturated carbocycles. The van der Waals surface area contributed by atoms with Crippen molar-refractivity contribution in [1.29, 1.82) is 0 Å². The lowest BCUT2D eigenvalue weighted by Gasteiger charge is -2.42. The van der Waals surface area contributed by atoms with Crippen LogP contribution in [0.2, 0.25) is 0 Å². The standard InChI is InChI=1S/C16H22IN5/c1-11-8-13(18)16(9-11)2-5-21(6-3-16)15-20-10-12(17)14-19-4-7-22(14)15/h4,7,10-11,13H,2-3,5-6,8-9,18H2,1H3/t11?,13-/m1/s1. The number of anilines is 1. The molecule has 5 nitrogen and oxygen atoms in total. The zero-order chi connectivity index (χ0) is 15.3. The fraction of sp³-hybridized carbons (Fsp3) is 0.625. The largest absolute Gasteiger partial charge is 0.342 e. The van der Waals surface area contributed by atoms with Crippen molar-refractivity contribution in [3.8, 4) is 0 Å². The number of piperidine rings is 1. The van der Waals surface area contributed by atoms with Crippen molar-refractivity contribution in [3.63, 3.8) is 0 Å². The summed E-state index contributed by atoms with van der Waals surface area (Å²) < 4.78 is 3.20. The molecule has 1 aliphatic heterocycles. The average molecular weight is 411 g/mol. The third-order valence-electron chi connectivity index (χ3n) is 5.60. The first-order chi connectivity index (χ1) is 10.6. The summed E-state index contributed by atoms with van der Waals surface area (Å²) in [5.41, 5.74) is 7.83. The van der Waals surface area contributed by atoms with Crippen LogP contribution in [0.25, 0.3) is 5.65 Å². The minimum Gasteiger partial charge on any atom is -0.342 e. The SMILES string of the molecule is CC1C[C@@H](N)C2(CCN(c3ncc(I)c4nccn34)CC2)C1. The van der Waals surface area contributed by atoms with E-state index in [0.29, 0.717) is 11.5 Å². The van der Waals surface area contributed by atoms with Gasteiger partial charge in [0.15, 0.2) is 5.65 Å². The highest BCUT2D eigenvalue weighted by molar-refractivity contribution is 14.1. The summed E-state index contributed by atoms with van der Waals surface area (Å²) >= 11 is 2.29. The quantitative estimate of drug-likeness (QED) is 0.734. The lowest BCUT2D eigenvalue weighted by molar-refractivity contribution is 0.192. The van der Waals surface area contributed by atoms with Gasteiger partial charge in [-0.1, -0.05) is 6.92 Å². The van der Waals surface area contributed by atoms with Crippen LogP contribution < -0.4 is 10.6 Å². The number of nitrogens with two attached hydrogens (primary N) is 1. The van der Waals surface area contributed by atoms with Crippen LogP contribution in [0, 0.1) is 14.9 Å². The van der Waals surface area contributed by atoms with Crippen molar-refractivity contribution < 1.29 is 0 Å². The third kappa shape index (κ3) is 2.22. The lowest BCUT2D eigenvalue weighted by atomic mass is 9.74. The van der Waals surface area contributed by atoms with Crippen molar-refractivity contribution in [2.45, 2.75) is 38.6 Å². The van der Waals surface area contributed by atoms with Gasteiger partial charge in [-0.2, -0.15) is 0 Å². The number of aromatic nitrogens is 3. The molecule has 0 amide bonds. The molecule has 2 aromatic rings. The third-order valence-corrected chi connectivity index (χ3v) is 6.36. The first-order valence-electron chi connectivity index (χ1n) is 8.07. The Morgan fingerprint density at radius 1 is 1.32 bits per heavy atom. The van der Waals surface area contributed by atoms with Crippen LogP contribution >= 0.6 is 22.6 Å². The summed E-state index contributed by atoms with van der Waals surface area (Å²) in [5.74, 6) is 1.79. The molecule has 1 spiro atoms. The minimum absolute atomic E-state index is 0.368. The summed E-state index contributed by atoms with van der Waals surface area (Å²) in [4.78, 5) is 11.5. The fourth-order valence-corrected chi connectivity index (χ4v) is 4.99. The van der Waals surface area contributed by atoms with E-state index < -0.39 is 0 Å². The van der Waals surface area contributed by atoms with Crippen LogP contribution in [-0.2, 0) is 0 Å². The Bertz CT molecular complexity index is 689. The van der Waals surface area contributed by atoms with E-state index in [2.05, 4.69) is 48.8 Å². The maximum atomic E-state index is 6.46. The molecular formula is C16H22IN5. The molecule has 2 atom stereocenters. The molecule has 2 N–H and O–H groups in total. The molecule has 118 valence electrons. The molecule has 0 aromatic carbocycles. The first kappa shape index (κ1) is 14.7. The van der Waals surface area contributed by atoms with E-state index in [0.717, 1.165) is 34.2 Å². The second-order valence-electron chi connectivity index (χ2n) is 7.03. The van der Waals surface area contributed by atoms with Gasteiger partial charge in [-0.05, 0) is 59.6 Å². The number of imidazole rings is 1. The summed E-state index contributed by atoms with van der Waals surface area (Å²) in [7, 11) is 0. The zero-order valence-electron chi connectivity index (χ0n) is 12.9. The molecule has 1 unspecified atom stereocenters. The van der Waals surface area contributed by atoms with Crippen molar-refractivity contribution >= 4 is 34.2 Å². The molecule has 0 radical (unpaired) electrons. The van der Waals surface area contributed by atoms with Crippen molar-refractivity contribution in [3.05, 3.63) is 22.2 Å². The lowest BCUT2D eigenvalue weighted by Crippen LogP contribution is -2.47. The smallest absolute Gasteiger partial charge is 0.211 e. The van der Waals surface area contributed by atoms with Gasteiger partial charge in [-0.3, -0.25) is 4.40 Å². The Labute approximate surface area is 144 Å². The van der Waals surface area contributed by atoms with Gasteiger partial charge in [0.05, 0.1) is 3.57 Å². The topological polar surface area (TPSA) is 59.5 Å². The number of hydrogen-bond acceptors (Lipinski definition) is 4. The number of rotatable bonds is 1. The summed E-state index contributed by atoms with van der Waals surface area (Å²) in [6.45, 7) is 4.43. The van der Waals surface area contributed by atoms with E-state index in [9.17, 15) is 0 Å². The normalized spacial score (nSPS) is 27.9. The zero-order valence-corrected chi connectivity index (χ0v) is 15.0. The molecule has 4 rings (SSSR count). The molecule has 1 saturated heterocycles. The average Bonchev–Trinajstić information content (AvgIpc) is 3.08. The maximum absolute atomic E-state index is 6.46. The number of nitrogens with zero attached hydrogens (tertiary/aromatic N) is 4. The molecule has 0 bridgehead atoms. The molecule has 6 heteroatoms. The monoisotopic (exact) mass is 411 g/mol. The molecular weight excluding hydrogens is 389 g/mol. The molecule has 2 aromatic heterocycles. The van der Waals surface area contributed by atoms with Crippen molar-refractivity contribution in [2.24, 2.45) is 17.1 Å². The highest BCUT2D eigenvalue weighted by atomic mass is 127. The van der Waals surface area contributed by atoms with E-state index in [4.69, 9.17) is 5.73 Å². The van der Waals surface area contributed by atoms with E-state index in [1.54, 1.807) is 0 Å². The number of fused-ring (bicyclic) bond motifs is 1. The van der Waals surface area contributed by atoms with Gasteiger partial charge in [-0.15, -0.1) is 0 Å². The van der Waals surface area contributed by atoms with Gasteiger partial charge < -0.3 is 10.6 Å². The molecule has 1 aliphatic carbocycles. The van der Waals surface area contributed by atoms with Crippen LogP contribution in [0.1, 0.15) is 32.6 Å². The molecule has 2 aliphatic rings. The minimum atomic E-state index is 0.368. The first-order valence-corrected chi connectivity index (χ1v) is 9.15. The van der Waals surface area contributed by atoms with Gasteiger partial charge in [-0.25, -0.2) is 9.97 Å². The van der Waals surface area contributed by atoms with E-state index >= 15 is 0 Å². The summed E-state index contributed by atoms with van der Waals surface area (Å²) in [6, 6.07) is 0.377. The van der Waals surface area contributed by atoms with Gasteiger partial charge in [0.25, 0.3) is 0 Å². The van der Waals surface area contributed by atoms with E-state index in [-0.39, 0.29) is 0 Å². The van der Waals surface area contributed by atoms with Crippen LogP contribution in [0.3, 0.4) is 0 Å². The van der Waals surface area contributed by atoms with Crippen LogP contribution in [0.5, 0.6) is 0 Å². The summed E-state index contributed by atoms with van der Waals surface area (Å²) in [6.07, 6.45) is 10.6. The fourth-order valence-electron chi connectivity index (χ4n) is 4.45. The second kappa shape index (κ2) is 5.33.